The van der Waals surface area contributed by atoms with Crippen LogP contribution in [0, 0.1) is 0 Å². The molecule has 0 bridgehead atoms. The summed E-state index contributed by atoms with van der Waals surface area (Å²) in [6.45, 7) is 1.48. The van der Waals surface area contributed by atoms with Crippen LogP contribution in [0.5, 0.6) is 5.88 Å². The summed E-state index contributed by atoms with van der Waals surface area (Å²) >= 11 is 0. The molecule has 1 aliphatic rings. The normalized spacial score (nSPS) is 14.5. The number of aromatic nitrogens is 2. The third-order valence-electron chi connectivity index (χ3n) is 2.65. The number of nitrogens with zero attached hydrogens (tertiary/aromatic N) is 2. The SMILES string of the molecule is COc1nc(C(C)=O)nc2c1CCCC2. The molecule has 4 heteroatoms. The summed E-state index contributed by atoms with van der Waals surface area (Å²) in [6, 6.07) is 0. The number of methoxy groups -OCH3 is 1. The van der Waals surface area contributed by atoms with Gasteiger partial charge in [-0.05, 0) is 25.7 Å². The fraction of sp³-hybridized carbons (Fsp3) is 0.545. The van der Waals surface area contributed by atoms with Crippen LogP contribution < -0.4 is 4.74 Å². The van der Waals surface area contributed by atoms with Crippen LogP contribution in [0.25, 0.3) is 0 Å². The van der Waals surface area contributed by atoms with Crippen molar-refractivity contribution in [3.63, 3.8) is 0 Å². The van der Waals surface area contributed by atoms with Gasteiger partial charge in [-0.15, -0.1) is 0 Å². The maximum atomic E-state index is 11.2. The van der Waals surface area contributed by atoms with Crippen LogP contribution in [0.15, 0.2) is 0 Å². The van der Waals surface area contributed by atoms with Crippen molar-refractivity contribution in [3.05, 3.63) is 17.1 Å². The van der Waals surface area contributed by atoms with Crippen LogP contribution in [0.4, 0.5) is 0 Å². The Kier molecular flexibility index (Phi) is 2.66. The minimum absolute atomic E-state index is 0.110. The first-order valence-corrected chi connectivity index (χ1v) is 5.17. The van der Waals surface area contributed by atoms with E-state index in [4.69, 9.17) is 4.74 Å². The zero-order valence-electron chi connectivity index (χ0n) is 9.04. The average Bonchev–Trinajstić information content (AvgIpc) is 2.27. The van der Waals surface area contributed by atoms with E-state index in [0.29, 0.717) is 5.88 Å². The Morgan fingerprint density at radius 1 is 1.27 bits per heavy atom. The predicted molar refractivity (Wildman–Crippen MR) is 55.2 cm³/mol. The van der Waals surface area contributed by atoms with E-state index < -0.39 is 0 Å². The molecule has 0 atom stereocenters. The Labute approximate surface area is 88.7 Å². The Morgan fingerprint density at radius 3 is 2.67 bits per heavy atom. The summed E-state index contributed by atoms with van der Waals surface area (Å²) in [5.74, 6) is 0.735. The Balaban J connectivity index is 2.52. The van der Waals surface area contributed by atoms with Gasteiger partial charge in [0.25, 0.3) is 0 Å². The summed E-state index contributed by atoms with van der Waals surface area (Å²) in [7, 11) is 1.58. The fourth-order valence-corrected chi connectivity index (χ4v) is 1.89. The Hall–Kier alpha value is -1.45. The van der Waals surface area contributed by atoms with Crippen LogP contribution in [-0.2, 0) is 12.8 Å². The molecule has 0 N–H and O–H groups in total. The van der Waals surface area contributed by atoms with E-state index in [0.717, 1.165) is 36.9 Å². The molecule has 0 aliphatic heterocycles. The van der Waals surface area contributed by atoms with Crippen LogP contribution in [0.1, 0.15) is 41.6 Å². The number of carbonyl (C=O) groups excluding carboxylic acids is 1. The first-order valence-electron chi connectivity index (χ1n) is 5.17. The smallest absolute Gasteiger partial charge is 0.220 e. The van der Waals surface area contributed by atoms with E-state index in [9.17, 15) is 4.79 Å². The topological polar surface area (TPSA) is 52.1 Å². The number of hydrogen-bond donors (Lipinski definition) is 0. The standard InChI is InChI=1S/C11H14N2O2/c1-7(14)10-12-9-6-4-3-5-8(9)11(13-10)15-2/h3-6H2,1-2H3. The number of fused-ring (bicyclic) bond motifs is 1. The van der Waals surface area contributed by atoms with Crippen molar-refractivity contribution in [2.24, 2.45) is 0 Å². The van der Waals surface area contributed by atoms with Crippen LogP contribution in [0.3, 0.4) is 0 Å². The predicted octanol–water partition coefficient (Wildman–Crippen LogP) is 1.57. The first-order chi connectivity index (χ1) is 7.22. The molecule has 0 unspecified atom stereocenters. The van der Waals surface area contributed by atoms with Gasteiger partial charge < -0.3 is 4.74 Å². The minimum Gasteiger partial charge on any atom is -0.481 e. The lowest BCUT2D eigenvalue weighted by molar-refractivity contribution is 0.100. The molecular formula is C11H14N2O2. The summed E-state index contributed by atoms with van der Waals surface area (Å²) < 4.78 is 5.20. The van der Waals surface area contributed by atoms with Crippen molar-refractivity contribution in [1.29, 1.82) is 0 Å². The summed E-state index contributed by atoms with van der Waals surface area (Å²) in [5.41, 5.74) is 2.06. The zero-order valence-corrected chi connectivity index (χ0v) is 9.04. The highest BCUT2D eigenvalue weighted by molar-refractivity contribution is 5.90. The van der Waals surface area contributed by atoms with Gasteiger partial charge in [0.1, 0.15) is 0 Å². The number of Topliss-reactive ketones (excluding diaryl/α,β-unsaturated/α-hetero) is 1. The van der Waals surface area contributed by atoms with Crippen molar-refractivity contribution in [2.75, 3.05) is 7.11 Å². The van der Waals surface area contributed by atoms with Crippen molar-refractivity contribution >= 4 is 5.78 Å². The first kappa shape index (κ1) is 10.1. The maximum Gasteiger partial charge on any atom is 0.220 e. The number of carbonyl (C=O) groups is 1. The second kappa shape index (κ2) is 3.96. The van der Waals surface area contributed by atoms with Crippen molar-refractivity contribution in [3.8, 4) is 5.88 Å². The highest BCUT2D eigenvalue weighted by Crippen LogP contribution is 2.26. The monoisotopic (exact) mass is 206 g/mol. The molecule has 1 heterocycles. The number of aryl methyl sites for hydroxylation is 1. The number of hydrogen-bond acceptors (Lipinski definition) is 4. The summed E-state index contributed by atoms with van der Waals surface area (Å²) in [4.78, 5) is 19.6. The third kappa shape index (κ3) is 1.84. The average molecular weight is 206 g/mol. The van der Waals surface area contributed by atoms with Gasteiger partial charge in [-0.3, -0.25) is 4.79 Å². The molecule has 1 aromatic heterocycles. The van der Waals surface area contributed by atoms with E-state index in [1.807, 2.05) is 0 Å². The molecule has 1 aliphatic carbocycles. The van der Waals surface area contributed by atoms with Crippen LogP contribution in [0.2, 0.25) is 0 Å². The van der Waals surface area contributed by atoms with E-state index in [-0.39, 0.29) is 11.6 Å². The second-order valence-corrected chi connectivity index (χ2v) is 3.75. The molecule has 80 valence electrons. The number of rotatable bonds is 2. The van der Waals surface area contributed by atoms with E-state index >= 15 is 0 Å². The van der Waals surface area contributed by atoms with E-state index in [1.54, 1.807) is 7.11 Å². The molecule has 15 heavy (non-hydrogen) atoms. The Morgan fingerprint density at radius 2 is 2.00 bits per heavy atom. The number of ether oxygens (including phenoxy) is 1. The number of ketones is 1. The van der Waals surface area contributed by atoms with Gasteiger partial charge in [0.2, 0.25) is 5.88 Å². The highest BCUT2D eigenvalue weighted by Gasteiger charge is 2.19. The van der Waals surface area contributed by atoms with Crippen molar-refractivity contribution in [2.45, 2.75) is 32.6 Å². The molecule has 4 nitrogen and oxygen atoms in total. The van der Waals surface area contributed by atoms with Gasteiger partial charge in [-0.1, -0.05) is 0 Å². The lowest BCUT2D eigenvalue weighted by Crippen LogP contribution is -2.13. The van der Waals surface area contributed by atoms with Crippen molar-refractivity contribution in [1.82, 2.24) is 9.97 Å². The molecule has 0 aromatic carbocycles. The van der Waals surface area contributed by atoms with Gasteiger partial charge in [0, 0.05) is 12.5 Å². The Bertz CT molecular complexity index is 385. The van der Waals surface area contributed by atoms with E-state index in [1.165, 1.54) is 6.92 Å². The summed E-state index contributed by atoms with van der Waals surface area (Å²) in [6.07, 6.45) is 4.15. The summed E-state index contributed by atoms with van der Waals surface area (Å²) in [5, 5.41) is 0. The lowest BCUT2D eigenvalue weighted by atomic mass is 9.97. The van der Waals surface area contributed by atoms with E-state index in [2.05, 4.69) is 9.97 Å². The lowest BCUT2D eigenvalue weighted by Gasteiger charge is -2.17. The van der Waals surface area contributed by atoms with Gasteiger partial charge in [-0.25, -0.2) is 4.98 Å². The molecule has 0 amide bonds. The van der Waals surface area contributed by atoms with Crippen LogP contribution >= 0.6 is 0 Å². The van der Waals surface area contributed by atoms with Gasteiger partial charge in [0.15, 0.2) is 11.6 Å². The highest BCUT2D eigenvalue weighted by atomic mass is 16.5. The molecule has 0 radical (unpaired) electrons. The zero-order chi connectivity index (χ0) is 10.8. The molecule has 2 rings (SSSR count). The fourth-order valence-electron chi connectivity index (χ4n) is 1.89. The van der Waals surface area contributed by atoms with Crippen LogP contribution in [-0.4, -0.2) is 22.9 Å². The molecular weight excluding hydrogens is 192 g/mol. The quantitative estimate of drug-likeness (QED) is 0.689. The molecule has 0 saturated carbocycles. The maximum absolute atomic E-state index is 11.2. The molecule has 0 fully saturated rings. The second-order valence-electron chi connectivity index (χ2n) is 3.75. The third-order valence-corrected chi connectivity index (χ3v) is 2.65. The molecule has 1 aromatic rings. The largest absolute Gasteiger partial charge is 0.481 e. The van der Waals surface area contributed by atoms with Gasteiger partial charge >= 0.3 is 0 Å². The molecule has 0 saturated heterocycles. The molecule has 0 spiro atoms. The van der Waals surface area contributed by atoms with Crippen molar-refractivity contribution < 1.29 is 9.53 Å². The minimum atomic E-state index is -0.110. The van der Waals surface area contributed by atoms with Gasteiger partial charge in [-0.2, -0.15) is 4.98 Å². The van der Waals surface area contributed by atoms with Gasteiger partial charge in [0.05, 0.1) is 12.8 Å².